The first-order valence-corrected chi connectivity index (χ1v) is 14.8. The van der Waals surface area contributed by atoms with E-state index in [1.54, 1.807) is 0 Å². The van der Waals surface area contributed by atoms with Crippen LogP contribution in [-0.4, -0.2) is 62.0 Å². The number of aromatic nitrogens is 1. The Bertz CT molecular complexity index is 1960. The quantitative estimate of drug-likeness (QED) is 0.274. The zero-order chi connectivity index (χ0) is 29.2. The summed E-state index contributed by atoms with van der Waals surface area (Å²) in [6, 6.07) is 21.5. The molecular formula is C34H28N4O6. The van der Waals surface area contributed by atoms with Crippen molar-refractivity contribution in [2.75, 3.05) is 56.4 Å². The van der Waals surface area contributed by atoms with Gasteiger partial charge in [-0.2, -0.15) is 0 Å². The van der Waals surface area contributed by atoms with Crippen molar-refractivity contribution in [2.45, 2.75) is 6.54 Å². The molecule has 0 unspecified atom stereocenters. The molecule has 0 amide bonds. The monoisotopic (exact) mass is 588 g/mol. The number of benzene rings is 4. The number of fused-ring (bicyclic) bond motifs is 4. The highest BCUT2D eigenvalue weighted by molar-refractivity contribution is 6.28. The fraction of sp³-hybridized carbons (Fsp3) is 0.235. The molecule has 0 spiro atoms. The highest BCUT2D eigenvalue weighted by Crippen LogP contribution is 2.47. The normalized spacial score (nSPS) is 16.7. The molecule has 3 aliphatic heterocycles. The van der Waals surface area contributed by atoms with Crippen molar-refractivity contribution in [3.8, 4) is 34.3 Å². The van der Waals surface area contributed by atoms with Crippen molar-refractivity contribution in [1.82, 2.24) is 10.1 Å². The van der Waals surface area contributed by atoms with E-state index in [9.17, 15) is 4.79 Å². The number of rotatable bonds is 5. The third-order valence-electron chi connectivity index (χ3n) is 8.76. The molecule has 9 rings (SSSR count). The SMILES string of the molecule is O=C1c2ccccc2-c2onc3c(N4CCN(Cc5ccc6c(c5)OCO6)CC4)cc(Nc4ccc5c(c4)OCCO5)c1c23. The smallest absolute Gasteiger partial charge is 0.231 e. The molecule has 1 aliphatic carbocycles. The van der Waals surface area contributed by atoms with Crippen LogP contribution in [0.25, 0.3) is 22.2 Å². The van der Waals surface area contributed by atoms with Crippen molar-refractivity contribution in [3.63, 3.8) is 0 Å². The summed E-state index contributed by atoms with van der Waals surface area (Å²) in [5.41, 5.74) is 6.28. The number of ketones is 1. The van der Waals surface area contributed by atoms with Gasteiger partial charge in [-0.15, -0.1) is 0 Å². The lowest BCUT2D eigenvalue weighted by Gasteiger charge is -2.36. The molecule has 10 nitrogen and oxygen atoms in total. The van der Waals surface area contributed by atoms with Gasteiger partial charge in [0.05, 0.1) is 22.3 Å². The predicted molar refractivity (Wildman–Crippen MR) is 164 cm³/mol. The van der Waals surface area contributed by atoms with Crippen molar-refractivity contribution in [1.29, 1.82) is 0 Å². The minimum atomic E-state index is -0.0542. The first kappa shape index (κ1) is 25.3. The molecule has 220 valence electrons. The number of nitrogens with zero attached hydrogens (tertiary/aromatic N) is 3. The summed E-state index contributed by atoms with van der Waals surface area (Å²) < 4.78 is 28.6. The maximum absolute atomic E-state index is 14.0. The Morgan fingerprint density at radius 1 is 0.773 bits per heavy atom. The van der Waals surface area contributed by atoms with Gasteiger partial charge in [0, 0.05) is 55.6 Å². The number of nitrogens with one attached hydrogen (secondary N) is 1. The first-order chi connectivity index (χ1) is 21.7. The van der Waals surface area contributed by atoms with Gasteiger partial charge < -0.3 is 33.7 Å². The van der Waals surface area contributed by atoms with E-state index in [1.807, 2.05) is 54.6 Å². The number of piperazine rings is 1. The molecule has 0 radical (unpaired) electrons. The topological polar surface area (TPSA) is 98.5 Å². The van der Waals surface area contributed by atoms with E-state index in [2.05, 4.69) is 32.4 Å². The van der Waals surface area contributed by atoms with Crippen molar-refractivity contribution >= 4 is 33.7 Å². The number of hydrogen-bond acceptors (Lipinski definition) is 10. The van der Waals surface area contributed by atoms with E-state index < -0.39 is 0 Å². The maximum atomic E-state index is 14.0. The second-order valence-electron chi connectivity index (χ2n) is 11.4. The minimum Gasteiger partial charge on any atom is -0.486 e. The zero-order valence-corrected chi connectivity index (χ0v) is 23.8. The lowest BCUT2D eigenvalue weighted by atomic mass is 9.86. The molecule has 4 heterocycles. The maximum Gasteiger partial charge on any atom is 0.231 e. The van der Waals surface area contributed by atoms with E-state index in [1.165, 1.54) is 5.56 Å². The molecule has 1 N–H and O–H groups in total. The van der Waals surface area contributed by atoms with Crippen molar-refractivity contribution < 1.29 is 28.3 Å². The van der Waals surface area contributed by atoms with Crippen molar-refractivity contribution in [3.05, 3.63) is 83.4 Å². The highest BCUT2D eigenvalue weighted by atomic mass is 16.7. The molecule has 1 aromatic heterocycles. The summed E-state index contributed by atoms with van der Waals surface area (Å²) in [6.45, 7) is 5.47. The van der Waals surface area contributed by atoms with E-state index in [0.717, 1.165) is 66.5 Å². The van der Waals surface area contributed by atoms with Gasteiger partial charge in [-0.05, 0) is 35.9 Å². The van der Waals surface area contributed by atoms with E-state index in [4.69, 9.17) is 23.5 Å². The van der Waals surface area contributed by atoms with Gasteiger partial charge in [-0.25, -0.2) is 0 Å². The molecule has 5 aromatic rings. The average molecular weight is 589 g/mol. The van der Waals surface area contributed by atoms with Crippen LogP contribution in [0.15, 0.2) is 71.3 Å². The molecule has 44 heavy (non-hydrogen) atoms. The molecular weight excluding hydrogens is 560 g/mol. The summed E-state index contributed by atoms with van der Waals surface area (Å²) in [5.74, 6) is 3.57. The summed E-state index contributed by atoms with van der Waals surface area (Å²) in [6.07, 6.45) is 0. The summed E-state index contributed by atoms with van der Waals surface area (Å²) in [4.78, 5) is 18.8. The van der Waals surface area contributed by atoms with Gasteiger partial charge in [-0.3, -0.25) is 9.69 Å². The average Bonchev–Trinajstić information content (AvgIpc) is 3.72. The minimum absolute atomic E-state index is 0.0542. The fourth-order valence-electron chi connectivity index (χ4n) is 6.60. The van der Waals surface area contributed by atoms with Crippen LogP contribution >= 0.6 is 0 Å². The van der Waals surface area contributed by atoms with Crippen LogP contribution in [0, 0.1) is 0 Å². The van der Waals surface area contributed by atoms with E-state index in [-0.39, 0.29) is 12.6 Å². The summed E-state index contributed by atoms with van der Waals surface area (Å²) >= 11 is 0. The standard InChI is InChI=1S/C34H28N4O6/c39-33-22-3-1-2-4-23(22)34-31-30(33)24(35-21-6-8-26-29(16-21)41-14-13-40-26)17-25(32(31)36-44-34)38-11-9-37(10-12-38)18-20-5-7-27-28(15-20)43-19-42-27/h1-8,15-17,35H,9-14,18-19H2. The van der Waals surface area contributed by atoms with Crippen molar-refractivity contribution in [2.24, 2.45) is 0 Å². The lowest BCUT2D eigenvalue weighted by molar-refractivity contribution is 0.104. The van der Waals surface area contributed by atoms with Gasteiger partial charge in [0.25, 0.3) is 0 Å². The van der Waals surface area contributed by atoms with Crippen LogP contribution in [0.4, 0.5) is 17.1 Å². The second-order valence-corrected chi connectivity index (χ2v) is 11.4. The number of ether oxygens (including phenoxy) is 4. The molecule has 4 aliphatic rings. The Morgan fingerprint density at radius 2 is 1.52 bits per heavy atom. The molecule has 0 bridgehead atoms. The number of anilines is 3. The number of carbonyl (C=O) groups is 1. The Kier molecular flexibility index (Phi) is 5.70. The second kappa shape index (κ2) is 9.92. The molecule has 0 saturated carbocycles. The molecule has 4 aromatic carbocycles. The Labute approximate surface area is 252 Å². The lowest BCUT2D eigenvalue weighted by Crippen LogP contribution is -2.46. The fourth-order valence-corrected chi connectivity index (χ4v) is 6.60. The summed E-state index contributed by atoms with van der Waals surface area (Å²) in [7, 11) is 0. The van der Waals surface area contributed by atoms with Gasteiger partial charge >= 0.3 is 0 Å². The van der Waals surface area contributed by atoms with Gasteiger partial charge in [0.2, 0.25) is 6.79 Å². The van der Waals surface area contributed by atoms with Gasteiger partial charge in [-0.1, -0.05) is 35.5 Å². The van der Waals surface area contributed by atoms with Crippen LogP contribution in [0.3, 0.4) is 0 Å². The molecule has 1 fully saturated rings. The highest BCUT2D eigenvalue weighted by Gasteiger charge is 2.34. The predicted octanol–water partition coefficient (Wildman–Crippen LogP) is 5.60. The van der Waals surface area contributed by atoms with Crippen LogP contribution < -0.4 is 29.2 Å². The Balaban J connectivity index is 1.07. The van der Waals surface area contributed by atoms with Gasteiger partial charge in [0.1, 0.15) is 18.7 Å². The Hall–Kier alpha value is -5.22. The zero-order valence-electron chi connectivity index (χ0n) is 23.8. The third kappa shape index (κ3) is 4.05. The Morgan fingerprint density at radius 3 is 2.41 bits per heavy atom. The third-order valence-corrected chi connectivity index (χ3v) is 8.76. The summed E-state index contributed by atoms with van der Waals surface area (Å²) in [5, 5.41) is 8.83. The van der Waals surface area contributed by atoms with Crippen LogP contribution in [0.1, 0.15) is 21.5 Å². The first-order valence-electron chi connectivity index (χ1n) is 14.8. The van der Waals surface area contributed by atoms with Crippen LogP contribution in [0.5, 0.6) is 23.0 Å². The molecule has 1 saturated heterocycles. The largest absolute Gasteiger partial charge is 0.486 e. The van der Waals surface area contributed by atoms with Gasteiger partial charge in [0.15, 0.2) is 34.5 Å². The molecule has 10 heteroatoms. The number of carbonyl (C=O) groups excluding carboxylic acids is 1. The van der Waals surface area contributed by atoms with Crippen LogP contribution in [-0.2, 0) is 6.54 Å². The van der Waals surface area contributed by atoms with E-state index >= 15 is 0 Å². The van der Waals surface area contributed by atoms with Crippen LogP contribution in [0.2, 0.25) is 0 Å². The van der Waals surface area contributed by atoms with E-state index in [0.29, 0.717) is 52.8 Å². The molecule has 0 atom stereocenters. The number of hydrogen-bond donors (Lipinski definition) is 1.